The van der Waals surface area contributed by atoms with Crippen molar-refractivity contribution >= 4 is 70.5 Å². The first kappa shape index (κ1) is 94.3. The van der Waals surface area contributed by atoms with Crippen molar-refractivity contribution in [2.24, 2.45) is 0 Å². The molecule has 0 spiro atoms. The molecular weight excluding hydrogens is 1290 g/mol. The minimum absolute atomic E-state index is 0.253. The molecule has 6 aliphatic rings. The molecule has 0 aliphatic carbocycles. The van der Waals surface area contributed by atoms with Crippen LogP contribution in [0.25, 0.3) is 0 Å². The zero-order valence-electron chi connectivity index (χ0n) is 62.2. The zero-order valence-corrected chi connectivity index (χ0v) is 62.2. The molecule has 0 atom stereocenters. The van der Waals surface area contributed by atoms with Crippen molar-refractivity contribution in [3.63, 3.8) is 0 Å². The zero-order chi connectivity index (χ0) is 78.7. The highest BCUT2D eigenvalue weighted by molar-refractivity contribution is 5.87. The molecule has 6 saturated heterocycles. The number of carbonyl (C=O) groups excluding carboxylic acids is 12. The Labute approximate surface area is 575 Å². The Hall–Kier alpha value is -5.72. The minimum Gasteiger partial charge on any atom is -0.550 e. The highest BCUT2D eigenvalue weighted by atomic mass is 16.5. The van der Waals surface area contributed by atoms with E-state index in [4.69, 9.17) is 10.2 Å². The van der Waals surface area contributed by atoms with Crippen LogP contribution in [-0.2, 0) is 57.5 Å². The maximum atomic E-state index is 11.3. The van der Waals surface area contributed by atoms with Gasteiger partial charge in [0.05, 0.1) is 89.0 Å². The SMILES string of the molecule is CC1(C)CC(=O)CC(C)(C)[NH+]1O.CC1(C)CC(=O)CC(C)(C)[NH+]1O.CC1(C)CC(=O)CC(C)(C)[NH+]1O.CC1(C)CC(=O)CC(C)(C)[NH+]1O.CC1(C)CC(=O)CC(C)(C)[NH+]1O.CC1(C)CC(=O)CC(C)(C)[NH+]1O.O=C([O-])CC(O)(CC(=O)[O-])C(=O)[O-].O=C([O-])CC(O)(CC(=O)[O-])C(=O)[O-]. The summed E-state index contributed by atoms with van der Waals surface area (Å²) in [6, 6.07) is 0. The van der Waals surface area contributed by atoms with Gasteiger partial charge in [0.1, 0.15) is 112 Å². The fourth-order valence-electron chi connectivity index (χ4n) is 14.2. The molecule has 32 nitrogen and oxygen atoms in total. The Morgan fingerprint density at radius 3 is 0.398 bits per heavy atom. The number of aliphatic carboxylic acids is 6. The average Bonchev–Trinajstić information content (AvgIpc) is 0.820. The highest BCUT2D eigenvalue weighted by Crippen LogP contribution is 2.25. The summed E-state index contributed by atoms with van der Waals surface area (Å²) >= 11 is 0. The third-order valence-corrected chi connectivity index (χ3v) is 17.9. The van der Waals surface area contributed by atoms with Crippen molar-refractivity contribution < 1.29 is 160 Å². The molecular formula is C66H118N6O26. The quantitative estimate of drug-likeness (QED) is 0.0966. The Morgan fingerprint density at radius 2 is 0.337 bits per heavy atom. The molecule has 0 radical (unpaired) electrons. The number of hydrogen-bond donors (Lipinski definition) is 14. The van der Waals surface area contributed by atoms with Gasteiger partial charge >= 0.3 is 0 Å². The van der Waals surface area contributed by atoms with Gasteiger partial charge in [-0.15, -0.1) is 0 Å². The van der Waals surface area contributed by atoms with Gasteiger partial charge in [-0.1, -0.05) is 0 Å². The monoisotopic (exact) mass is 1410 g/mol. The Balaban J connectivity index is 0. The van der Waals surface area contributed by atoms with E-state index in [2.05, 4.69) is 0 Å². The van der Waals surface area contributed by atoms with Crippen LogP contribution in [-0.4, -0.2) is 190 Å². The molecule has 6 rings (SSSR count). The maximum absolute atomic E-state index is 11.3. The van der Waals surface area contributed by atoms with Crippen LogP contribution in [0.5, 0.6) is 0 Å². The molecule has 0 aromatic carbocycles. The van der Waals surface area contributed by atoms with E-state index in [1.165, 1.54) is 0 Å². The van der Waals surface area contributed by atoms with Gasteiger partial charge in [0.25, 0.3) is 0 Å². The van der Waals surface area contributed by atoms with Crippen molar-refractivity contribution in [2.75, 3.05) is 0 Å². The third-order valence-electron chi connectivity index (χ3n) is 17.9. The van der Waals surface area contributed by atoms with Gasteiger partial charge in [0.15, 0.2) is 0 Å². The fourth-order valence-corrected chi connectivity index (χ4v) is 14.2. The smallest absolute Gasteiger partial charge is 0.145 e. The number of carboxylic acids is 6. The predicted molar refractivity (Wildman–Crippen MR) is 329 cm³/mol. The topological polar surface area (TPSA) is 532 Å². The molecule has 14 N–H and O–H groups in total. The summed E-state index contributed by atoms with van der Waals surface area (Å²) in [6.45, 7) is 46.0. The van der Waals surface area contributed by atoms with Crippen LogP contribution in [0.4, 0.5) is 0 Å². The van der Waals surface area contributed by atoms with Crippen molar-refractivity contribution in [3.8, 4) is 0 Å². The second-order valence-electron chi connectivity index (χ2n) is 34.9. The van der Waals surface area contributed by atoms with Crippen LogP contribution in [0, 0.1) is 0 Å². The lowest BCUT2D eigenvalue weighted by Crippen LogP contribution is -3.25. The summed E-state index contributed by atoms with van der Waals surface area (Å²) in [5.74, 6) is -10.5. The first-order valence-electron chi connectivity index (χ1n) is 32.3. The number of hydroxylamine groups is 12. The van der Waals surface area contributed by atoms with Crippen molar-refractivity contribution in [1.29, 1.82) is 0 Å². The van der Waals surface area contributed by atoms with Gasteiger partial charge in [0.2, 0.25) is 0 Å². The molecule has 0 bridgehead atoms. The molecule has 6 aliphatic heterocycles. The lowest BCUT2D eigenvalue weighted by molar-refractivity contribution is -1.16. The molecule has 6 heterocycles. The summed E-state index contributed by atoms with van der Waals surface area (Å²) in [5.41, 5.74) is -9.96. The molecule has 0 aromatic heterocycles. The number of hydrogen-bond acceptors (Lipinski definition) is 26. The second-order valence-corrected chi connectivity index (χ2v) is 34.9. The average molecular weight is 1410 g/mol. The van der Waals surface area contributed by atoms with E-state index in [0.29, 0.717) is 107 Å². The summed E-state index contributed by atoms with van der Waals surface area (Å²) in [5, 5.41) is 140. The lowest BCUT2D eigenvalue weighted by Gasteiger charge is -2.43. The molecule has 6 fully saturated rings. The van der Waals surface area contributed by atoms with Gasteiger partial charge in [-0.3, -0.25) is 28.8 Å². The summed E-state index contributed by atoms with van der Waals surface area (Å²) in [7, 11) is 0. The van der Waals surface area contributed by atoms with E-state index >= 15 is 0 Å². The van der Waals surface area contributed by atoms with Crippen LogP contribution in [0.3, 0.4) is 0 Å². The highest BCUT2D eigenvalue weighted by Gasteiger charge is 2.54. The Kier molecular flexibility index (Phi) is 32.6. The van der Waals surface area contributed by atoms with Crippen LogP contribution in [0.2, 0.25) is 0 Å². The lowest BCUT2D eigenvalue weighted by atomic mass is 9.81. The largest absolute Gasteiger partial charge is 0.550 e. The summed E-state index contributed by atoms with van der Waals surface area (Å²) in [4.78, 5) is 128. The molecule has 0 saturated carbocycles. The molecule has 568 valence electrons. The van der Waals surface area contributed by atoms with E-state index in [1.807, 2.05) is 166 Å². The number of quaternary nitrogens is 6. The van der Waals surface area contributed by atoms with Gasteiger partial charge in [-0.25, -0.2) is 31.2 Å². The van der Waals surface area contributed by atoms with Gasteiger partial charge in [-0.2, -0.15) is 30.4 Å². The van der Waals surface area contributed by atoms with Gasteiger partial charge < -0.3 is 69.6 Å². The fraction of sp³-hybridized carbons (Fsp3) is 0.818. The van der Waals surface area contributed by atoms with E-state index in [1.54, 1.807) is 0 Å². The number of nitrogens with one attached hydrogen (secondary N) is 6. The molecule has 98 heavy (non-hydrogen) atoms. The van der Waals surface area contributed by atoms with Crippen LogP contribution in [0.1, 0.15) is 269 Å². The molecule has 0 aromatic rings. The van der Waals surface area contributed by atoms with Gasteiger partial charge in [0, 0.05) is 49.6 Å². The molecule has 32 heteroatoms. The van der Waals surface area contributed by atoms with Gasteiger partial charge in [-0.05, 0) is 166 Å². The van der Waals surface area contributed by atoms with E-state index in [0.717, 1.165) is 0 Å². The molecule has 0 amide bonds. The van der Waals surface area contributed by atoms with Crippen LogP contribution < -0.4 is 61.0 Å². The standard InChI is InChI=1S/6C9H17NO2.2C6H8O7/c6*1-8(2)5-7(11)6-9(3,4)10(8)12;2*7-3(8)1-6(13,5(11)12)2-4(9)10/h6*12H,5-6H2,1-4H3;2*13H,1-2H2,(H,7,8)(H,9,10)(H,11,12). The number of rotatable bonds is 10. The second kappa shape index (κ2) is 33.8. The molecule has 0 unspecified atom stereocenters. The van der Waals surface area contributed by atoms with Crippen LogP contribution >= 0.6 is 0 Å². The van der Waals surface area contributed by atoms with E-state index in [-0.39, 0.29) is 101 Å². The summed E-state index contributed by atoms with van der Waals surface area (Å²) in [6.07, 6.45) is 0.262. The van der Waals surface area contributed by atoms with E-state index in [9.17, 15) is 119 Å². The first-order valence-corrected chi connectivity index (χ1v) is 32.3. The number of carbonyl (C=O) groups is 12. The number of aliphatic hydroxyl groups is 2. The predicted octanol–water partition coefficient (Wildman–Crippen LogP) is -9.42. The van der Waals surface area contributed by atoms with Crippen LogP contribution in [0.15, 0.2) is 0 Å². The maximum Gasteiger partial charge on any atom is 0.145 e. The number of piperidine rings is 6. The normalized spacial score (nSPS) is 24.1. The number of carboxylic acid groups (broad SMARTS) is 6. The third kappa shape index (κ3) is 28.7. The number of Topliss-reactive ketones (excluding diaryl/α,β-unsaturated/α-hetero) is 6. The first-order chi connectivity index (χ1) is 43.1. The van der Waals surface area contributed by atoms with E-state index < -0.39 is 72.7 Å². The van der Waals surface area contributed by atoms with Crippen molar-refractivity contribution in [1.82, 2.24) is 0 Å². The van der Waals surface area contributed by atoms with Crippen molar-refractivity contribution in [2.45, 2.75) is 347 Å². The Bertz CT molecular complexity index is 2330. The number of ketones is 6. The summed E-state index contributed by atoms with van der Waals surface area (Å²) < 4.78 is 0. The Morgan fingerprint density at radius 1 is 0.255 bits per heavy atom. The van der Waals surface area contributed by atoms with Crippen molar-refractivity contribution in [3.05, 3.63) is 0 Å². The minimum atomic E-state index is -2.97.